The maximum atomic E-state index is 12.0. The van der Waals surface area contributed by atoms with E-state index in [4.69, 9.17) is 21.1 Å². The first-order valence-electron chi connectivity index (χ1n) is 7.44. The summed E-state index contributed by atoms with van der Waals surface area (Å²) in [6.45, 7) is 4.43. The number of aryl methyl sites for hydroxylation is 1. The van der Waals surface area contributed by atoms with Gasteiger partial charge in [0.1, 0.15) is 18.1 Å². The number of hydrogen-bond donors (Lipinski definition) is 1. The van der Waals surface area contributed by atoms with Crippen LogP contribution in [0.2, 0.25) is 5.02 Å². The summed E-state index contributed by atoms with van der Waals surface area (Å²) in [6.07, 6.45) is -0.571. The summed E-state index contributed by atoms with van der Waals surface area (Å²) in [5.41, 5.74) is 1.14. The number of benzene rings is 2. The summed E-state index contributed by atoms with van der Waals surface area (Å²) < 4.78 is 11.1. The lowest BCUT2D eigenvalue weighted by Gasteiger charge is -2.15. The van der Waals surface area contributed by atoms with E-state index < -0.39 is 6.10 Å². The molecule has 5 heteroatoms. The summed E-state index contributed by atoms with van der Waals surface area (Å²) in [4.78, 5) is 12.0. The van der Waals surface area contributed by atoms with Gasteiger partial charge in [-0.1, -0.05) is 41.4 Å². The lowest BCUT2D eigenvalue weighted by Crippen LogP contribution is -2.38. The largest absolute Gasteiger partial charge is 0.490 e. The minimum atomic E-state index is -0.571. The van der Waals surface area contributed by atoms with E-state index >= 15 is 0 Å². The van der Waals surface area contributed by atoms with Crippen LogP contribution in [-0.2, 0) is 4.79 Å². The van der Waals surface area contributed by atoms with Crippen LogP contribution in [0.25, 0.3) is 0 Å². The Kier molecular flexibility index (Phi) is 6.29. The van der Waals surface area contributed by atoms with E-state index in [1.54, 1.807) is 19.1 Å². The molecule has 0 aliphatic carbocycles. The number of ether oxygens (including phenoxy) is 2. The molecule has 1 N–H and O–H groups in total. The molecule has 1 amide bonds. The van der Waals surface area contributed by atoms with Gasteiger partial charge in [0.2, 0.25) is 0 Å². The summed E-state index contributed by atoms with van der Waals surface area (Å²) >= 11 is 5.99. The molecule has 0 spiro atoms. The van der Waals surface area contributed by atoms with Crippen molar-refractivity contribution in [2.75, 3.05) is 13.2 Å². The minimum absolute atomic E-state index is 0.187. The van der Waals surface area contributed by atoms with Gasteiger partial charge in [0.15, 0.2) is 6.10 Å². The Morgan fingerprint density at radius 1 is 1.17 bits per heavy atom. The second kappa shape index (κ2) is 8.44. The first-order chi connectivity index (χ1) is 11.1. The summed E-state index contributed by atoms with van der Waals surface area (Å²) in [5, 5.41) is 3.32. The quantitative estimate of drug-likeness (QED) is 0.787. The number of amides is 1. The highest BCUT2D eigenvalue weighted by Crippen LogP contribution is 2.22. The summed E-state index contributed by atoms with van der Waals surface area (Å²) in [5.74, 6) is 1.09. The monoisotopic (exact) mass is 333 g/mol. The molecule has 1 unspecified atom stereocenters. The van der Waals surface area contributed by atoms with Crippen molar-refractivity contribution in [1.29, 1.82) is 0 Å². The van der Waals surface area contributed by atoms with Crippen LogP contribution < -0.4 is 14.8 Å². The molecular formula is C18H20ClNO3. The van der Waals surface area contributed by atoms with Crippen molar-refractivity contribution in [1.82, 2.24) is 5.32 Å². The van der Waals surface area contributed by atoms with Crippen LogP contribution in [0.15, 0.2) is 48.5 Å². The van der Waals surface area contributed by atoms with Gasteiger partial charge in [-0.25, -0.2) is 0 Å². The van der Waals surface area contributed by atoms with E-state index in [1.807, 2.05) is 43.3 Å². The van der Waals surface area contributed by atoms with Crippen LogP contribution in [0.4, 0.5) is 0 Å². The van der Waals surface area contributed by atoms with Crippen molar-refractivity contribution in [3.63, 3.8) is 0 Å². The van der Waals surface area contributed by atoms with Crippen molar-refractivity contribution < 1.29 is 14.3 Å². The third kappa shape index (κ3) is 5.49. The van der Waals surface area contributed by atoms with Gasteiger partial charge in [0.25, 0.3) is 5.91 Å². The van der Waals surface area contributed by atoms with Gasteiger partial charge < -0.3 is 14.8 Å². The van der Waals surface area contributed by atoms with Gasteiger partial charge in [0.05, 0.1) is 11.6 Å². The van der Waals surface area contributed by atoms with E-state index in [0.717, 1.165) is 5.56 Å². The Hall–Kier alpha value is -2.20. The first kappa shape index (κ1) is 17.2. The highest BCUT2D eigenvalue weighted by atomic mass is 35.5. The fourth-order valence-corrected chi connectivity index (χ4v) is 2.11. The van der Waals surface area contributed by atoms with Crippen LogP contribution in [0.1, 0.15) is 12.5 Å². The average molecular weight is 334 g/mol. The Morgan fingerprint density at radius 3 is 2.57 bits per heavy atom. The number of carbonyl (C=O) groups is 1. The van der Waals surface area contributed by atoms with Gasteiger partial charge in [-0.05, 0) is 38.1 Å². The zero-order chi connectivity index (χ0) is 16.7. The fraction of sp³-hybridized carbons (Fsp3) is 0.278. The molecule has 1 atom stereocenters. The number of hydrogen-bond acceptors (Lipinski definition) is 3. The first-order valence-corrected chi connectivity index (χ1v) is 7.82. The Bertz CT molecular complexity index is 643. The highest BCUT2D eigenvalue weighted by Gasteiger charge is 2.14. The van der Waals surface area contributed by atoms with Crippen molar-refractivity contribution in [3.8, 4) is 11.5 Å². The number of para-hydroxylation sites is 1. The molecule has 2 aromatic carbocycles. The molecule has 0 heterocycles. The predicted molar refractivity (Wildman–Crippen MR) is 91.2 cm³/mol. The lowest BCUT2D eigenvalue weighted by atomic mass is 10.2. The van der Waals surface area contributed by atoms with Crippen molar-refractivity contribution >= 4 is 17.5 Å². The zero-order valence-electron chi connectivity index (χ0n) is 13.2. The third-order valence-electron chi connectivity index (χ3n) is 3.20. The molecule has 2 aromatic rings. The predicted octanol–water partition coefficient (Wildman–Crippen LogP) is 3.61. The molecule has 0 aliphatic heterocycles. The smallest absolute Gasteiger partial charge is 0.260 e. The second-order valence-corrected chi connectivity index (χ2v) is 5.55. The van der Waals surface area contributed by atoms with Gasteiger partial charge in [-0.3, -0.25) is 4.79 Å². The van der Waals surface area contributed by atoms with E-state index in [-0.39, 0.29) is 5.91 Å². The summed E-state index contributed by atoms with van der Waals surface area (Å²) in [7, 11) is 0. The molecule has 0 aliphatic rings. The molecule has 2 rings (SSSR count). The molecule has 122 valence electrons. The molecule has 0 bridgehead atoms. The van der Waals surface area contributed by atoms with Gasteiger partial charge in [-0.2, -0.15) is 0 Å². The topological polar surface area (TPSA) is 47.6 Å². The van der Waals surface area contributed by atoms with Crippen LogP contribution >= 0.6 is 11.6 Å². The van der Waals surface area contributed by atoms with Crippen molar-refractivity contribution in [2.45, 2.75) is 20.0 Å². The maximum Gasteiger partial charge on any atom is 0.260 e. The van der Waals surface area contributed by atoms with Crippen molar-refractivity contribution in [3.05, 3.63) is 59.1 Å². The van der Waals surface area contributed by atoms with Crippen molar-refractivity contribution in [2.24, 2.45) is 0 Å². The molecule has 0 saturated carbocycles. The fourth-order valence-electron chi connectivity index (χ4n) is 1.92. The molecule has 0 aromatic heterocycles. The second-order valence-electron chi connectivity index (χ2n) is 5.14. The van der Waals surface area contributed by atoms with E-state index in [0.29, 0.717) is 29.7 Å². The number of carbonyl (C=O) groups excluding carboxylic acids is 1. The van der Waals surface area contributed by atoms with Crippen LogP contribution in [0.3, 0.4) is 0 Å². The average Bonchev–Trinajstić information content (AvgIpc) is 2.55. The maximum absolute atomic E-state index is 12.0. The van der Waals surface area contributed by atoms with E-state index in [2.05, 4.69) is 5.32 Å². The lowest BCUT2D eigenvalue weighted by molar-refractivity contribution is -0.127. The van der Waals surface area contributed by atoms with E-state index in [1.165, 1.54) is 0 Å². The molecule has 23 heavy (non-hydrogen) atoms. The molecule has 4 nitrogen and oxygen atoms in total. The van der Waals surface area contributed by atoms with Crippen LogP contribution in [-0.4, -0.2) is 25.2 Å². The molecule has 0 fully saturated rings. The zero-order valence-corrected chi connectivity index (χ0v) is 14.0. The van der Waals surface area contributed by atoms with Gasteiger partial charge in [0, 0.05) is 0 Å². The number of halogens is 1. The minimum Gasteiger partial charge on any atom is -0.490 e. The highest BCUT2D eigenvalue weighted by molar-refractivity contribution is 6.32. The molecule has 0 radical (unpaired) electrons. The molecule has 0 saturated heterocycles. The van der Waals surface area contributed by atoms with Crippen LogP contribution in [0, 0.1) is 6.92 Å². The number of nitrogens with one attached hydrogen (secondary N) is 1. The van der Waals surface area contributed by atoms with Gasteiger partial charge >= 0.3 is 0 Å². The standard InChI is InChI=1S/C18H20ClNO3/c1-13-7-9-15(10-8-13)23-14(2)18(21)20-11-12-22-17-6-4-3-5-16(17)19/h3-10,14H,11-12H2,1-2H3,(H,20,21). The SMILES string of the molecule is Cc1ccc(OC(C)C(=O)NCCOc2ccccc2Cl)cc1. The third-order valence-corrected chi connectivity index (χ3v) is 3.51. The Balaban J connectivity index is 1.72. The molecular weight excluding hydrogens is 314 g/mol. The van der Waals surface area contributed by atoms with Gasteiger partial charge in [-0.15, -0.1) is 0 Å². The Labute approximate surface area is 141 Å². The van der Waals surface area contributed by atoms with Crippen LogP contribution in [0.5, 0.6) is 11.5 Å². The summed E-state index contributed by atoms with van der Waals surface area (Å²) in [6, 6.07) is 14.8. The number of rotatable bonds is 7. The normalized spacial score (nSPS) is 11.6. The van der Waals surface area contributed by atoms with E-state index in [9.17, 15) is 4.79 Å². The Morgan fingerprint density at radius 2 is 1.87 bits per heavy atom.